The number of aromatic nitrogens is 1. The molecule has 0 aromatic carbocycles. The van der Waals surface area contributed by atoms with E-state index in [2.05, 4.69) is 4.98 Å². The van der Waals surface area contributed by atoms with Crippen LogP contribution in [-0.4, -0.2) is 17.1 Å². The molecule has 4 heteroatoms. The average molecular weight is 246 g/mol. The van der Waals surface area contributed by atoms with Gasteiger partial charge in [-0.05, 0) is 31.5 Å². The van der Waals surface area contributed by atoms with Crippen LogP contribution in [0.4, 0.5) is 5.82 Å². The van der Waals surface area contributed by atoms with Crippen molar-refractivity contribution in [3.63, 3.8) is 0 Å². The Kier molecular flexibility index (Phi) is 3.67. The number of hydrogen-bond donors (Lipinski definition) is 1. The van der Waals surface area contributed by atoms with Gasteiger partial charge in [0, 0.05) is 25.4 Å². The van der Waals surface area contributed by atoms with Crippen LogP contribution < -0.4 is 4.90 Å². The average Bonchev–Trinajstić information content (AvgIpc) is 2.75. The molecule has 1 N–H and O–H groups in total. The Hall–Kier alpha value is -1.81. The Morgan fingerprint density at radius 1 is 1.39 bits per heavy atom. The zero-order chi connectivity index (χ0) is 13.1. The van der Waals surface area contributed by atoms with Crippen molar-refractivity contribution in [2.45, 2.75) is 26.5 Å². The topological polar surface area (TPSA) is 49.5 Å². The first-order chi connectivity index (χ1) is 8.58. The van der Waals surface area contributed by atoms with E-state index in [-0.39, 0.29) is 0 Å². The Morgan fingerprint density at radius 3 is 2.67 bits per heavy atom. The zero-order valence-corrected chi connectivity index (χ0v) is 10.9. The van der Waals surface area contributed by atoms with E-state index in [4.69, 9.17) is 4.42 Å². The number of nitrogens with zero attached hydrogens (tertiary/aromatic N) is 2. The lowest BCUT2D eigenvalue weighted by Gasteiger charge is -2.18. The quantitative estimate of drug-likeness (QED) is 0.901. The van der Waals surface area contributed by atoms with Crippen molar-refractivity contribution in [2.24, 2.45) is 0 Å². The van der Waals surface area contributed by atoms with Gasteiger partial charge in [-0.3, -0.25) is 0 Å². The molecule has 1 atom stereocenters. The van der Waals surface area contributed by atoms with Crippen molar-refractivity contribution in [3.05, 3.63) is 47.5 Å². The predicted molar refractivity (Wildman–Crippen MR) is 70.4 cm³/mol. The van der Waals surface area contributed by atoms with E-state index in [0.29, 0.717) is 0 Å². The Bertz CT molecular complexity index is 503. The van der Waals surface area contributed by atoms with Gasteiger partial charge in [-0.25, -0.2) is 4.98 Å². The monoisotopic (exact) mass is 246 g/mol. The molecule has 0 saturated heterocycles. The van der Waals surface area contributed by atoms with Crippen LogP contribution in [0.1, 0.15) is 29.9 Å². The standard InChI is InChI=1S/C14H18N2O2/c1-10(17)12-4-5-14(15-8-12)16(3)9-13-6-7-18-11(13)2/h4-8,10,17H,9H2,1-3H3/t10-/m1/s1. The number of aliphatic hydroxyl groups excluding tert-OH is 1. The first-order valence-corrected chi connectivity index (χ1v) is 5.96. The smallest absolute Gasteiger partial charge is 0.128 e. The van der Waals surface area contributed by atoms with Crippen molar-refractivity contribution < 1.29 is 9.52 Å². The number of rotatable bonds is 4. The molecule has 18 heavy (non-hydrogen) atoms. The molecule has 0 fully saturated rings. The lowest BCUT2D eigenvalue weighted by Crippen LogP contribution is -2.17. The first-order valence-electron chi connectivity index (χ1n) is 5.96. The second-order valence-corrected chi connectivity index (χ2v) is 4.48. The van der Waals surface area contributed by atoms with Crippen LogP contribution >= 0.6 is 0 Å². The molecule has 0 unspecified atom stereocenters. The second-order valence-electron chi connectivity index (χ2n) is 4.48. The van der Waals surface area contributed by atoms with Crippen LogP contribution in [0.2, 0.25) is 0 Å². The van der Waals surface area contributed by atoms with Gasteiger partial charge >= 0.3 is 0 Å². The van der Waals surface area contributed by atoms with Crippen molar-refractivity contribution in [3.8, 4) is 0 Å². The van der Waals surface area contributed by atoms with E-state index in [1.165, 1.54) is 0 Å². The van der Waals surface area contributed by atoms with Crippen molar-refractivity contribution in [1.82, 2.24) is 4.98 Å². The first kappa shape index (κ1) is 12.6. The third kappa shape index (κ3) is 2.71. The van der Waals surface area contributed by atoms with E-state index in [0.717, 1.165) is 29.2 Å². The summed E-state index contributed by atoms with van der Waals surface area (Å²) in [5.74, 6) is 1.81. The van der Waals surface area contributed by atoms with Crippen molar-refractivity contribution >= 4 is 5.82 Å². The molecule has 0 amide bonds. The van der Waals surface area contributed by atoms with E-state index >= 15 is 0 Å². The summed E-state index contributed by atoms with van der Waals surface area (Å²) in [7, 11) is 1.98. The van der Waals surface area contributed by atoms with Gasteiger partial charge in [-0.15, -0.1) is 0 Å². The fourth-order valence-electron chi connectivity index (χ4n) is 1.78. The highest BCUT2D eigenvalue weighted by molar-refractivity contribution is 5.40. The minimum absolute atomic E-state index is 0.479. The molecule has 0 spiro atoms. The van der Waals surface area contributed by atoms with Crippen LogP contribution in [0.15, 0.2) is 35.1 Å². The summed E-state index contributed by atoms with van der Waals surface area (Å²) in [5.41, 5.74) is 1.98. The summed E-state index contributed by atoms with van der Waals surface area (Å²) in [6.45, 7) is 4.44. The molecule has 0 aliphatic rings. The minimum atomic E-state index is -0.479. The van der Waals surface area contributed by atoms with Gasteiger partial charge < -0.3 is 14.4 Å². The molecule has 0 radical (unpaired) electrons. The molecule has 4 nitrogen and oxygen atoms in total. The fraction of sp³-hybridized carbons (Fsp3) is 0.357. The van der Waals surface area contributed by atoms with E-state index in [1.807, 2.05) is 37.1 Å². The fourth-order valence-corrected chi connectivity index (χ4v) is 1.78. The maximum atomic E-state index is 9.43. The highest BCUT2D eigenvalue weighted by atomic mass is 16.3. The summed E-state index contributed by atoms with van der Waals surface area (Å²) in [5, 5.41) is 9.43. The third-order valence-electron chi connectivity index (χ3n) is 3.02. The Morgan fingerprint density at radius 2 is 2.17 bits per heavy atom. The highest BCUT2D eigenvalue weighted by Gasteiger charge is 2.08. The highest BCUT2D eigenvalue weighted by Crippen LogP contribution is 2.18. The molecule has 0 saturated carbocycles. The Labute approximate surface area is 107 Å². The van der Waals surface area contributed by atoms with Crippen molar-refractivity contribution in [2.75, 3.05) is 11.9 Å². The lowest BCUT2D eigenvalue weighted by molar-refractivity contribution is 0.199. The maximum Gasteiger partial charge on any atom is 0.128 e. The van der Waals surface area contributed by atoms with Gasteiger partial charge in [0.25, 0.3) is 0 Å². The van der Waals surface area contributed by atoms with Gasteiger partial charge in [-0.1, -0.05) is 6.07 Å². The summed E-state index contributed by atoms with van der Waals surface area (Å²) in [4.78, 5) is 6.39. The van der Waals surface area contributed by atoms with Crippen LogP contribution in [-0.2, 0) is 6.54 Å². The summed E-state index contributed by atoms with van der Waals surface area (Å²) in [6, 6.07) is 5.78. The van der Waals surface area contributed by atoms with Gasteiger partial charge in [0.1, 0.15) is 11.6 Å². The predicted octanol–water partition coefficient (Wildman–Crippen LogP) is 2.67. The number of pyridine rings is 1. The SMILES string of the molecule is Cc1occc1CN(C)c1ccc([C@@H](C)O)cn1. The van der Waals surface area contributed by atoms with E-state index < -0.39 is 6.10 Å². The molecule has 2 aromatic heterocycles. The Balaban J connectivity index is 2.09. The molecular weight excluding hydrogens is 228 g/mol. The number of aryl methyl sites for hydroxylation is 1. The van der Waals surface area contributed by atoms with Crippen LogP contribution in [0.5, 0.6) is 0 Å². The van der Waals surface area contributed by atoms with Gasteiger partial charge in [-0.2, -0.15) is 0 Å². The molecule has 2 heterocycles. The number of furan rings is 1. The van der Waals surface area contributed by atoms with E-state index in [9.17, 15) is 5.11 Å². The molecular formula is C14H18N2O2. The molecule has 2 aromatic rings. The third-order valence-corrected chi connectivity index (χ3v) is 3.02. The van der Waals surface area contributed by atoms with Crippen LogP contribution in [0.25, 0.3) is 0 Å². The second kappa shape index (κ2) is 5.23. The summed E-state index contributed by atoms with van der Waals surface area (Å²) < 4.78 is 5.27. The van der Waals surface area contributed by atoms with E-state index in [1.54, 1.807) is 19.4 Å². The molecule has 96 valence electrons. The largest absolute Gasteiger partial charge is 0.469 e. The van der Waals surface area contributed by atoms with Crippen LogP contribution in [0.3, 0.4) is 0 Å². The molecule has 0 bridgehead atoms. The summed E-state index contributed by atoms with van der Waals surface area (Å²) >= 11 is 0. The normalized spacial score (nSPS) is 12.4. The minimum Gasteiger partial charge on any atom is -0.469 e. The van der Waals surface area contributed by atoms with Gasteiger partial charge in [0.15, 0.2) is 0 Å². The number of anilines is 1. The maximum absolute atomic E-state index is 9.43. The molecule has 0 aliphatic carbocycles. The molecule has 0 aliphatic heterocycles. The molecule has 2 rings (SSSR count). The summed E-state index contributed by atoms with van der Waals surface area (Å²) in [6.07, 6.45) is 2.93. The zero-order valence-electron chi connectivity index (χ0n) is 10.9. The van der Waals surface area contributed by atoms with Crippen LogP contribution in [0, 0.1) is 6.92 Å². The van der Waals surface area contributed by atoms with Crippen molar-refractivity contribution in [1.29, 1.82) is 0 Å². The van der Waals surface area contributed by atoms with Gasteiger partial charge in [0.2, 0.25) is 0 Å². The number of aliphatic hydroxyl groups is 1. The lowest BCUT2D eigenvalue weighted by atomic mass is 10.2. The van der Waals surface area contributed by atoms with Gasteiger partial charge in [0.05, 0.1) is 12.4 Å². The number of hydrogen-bond acceptors (Lipinski definition) is 4.